The van der Waals surface area contributed by atoms with E-state index in [4.69, 9.17) is 4.74 Å². The number of hydrogen-bond donors (Lipinski definition) is 0. The Balaban J connectivity index is 1.79. The Kier molecular flexibility index (Phi) is 4.41. The fraction of sp³-hybridized carbons (Fsp3) is 0.389. The monoisotopic (exact) mass is 344 g/mol. The molecule has 6 heteroatoms. The van der Waals surface area contributed by atoms with Crippen LogP contribution < -0.4 is 0 Å². The first-order valence-electron chi connectivity index (χ1n) is 7.88. The molecule has 1 aromatic carbocycles. The Bertz CT molecular complexity index is 799. The van der Waals surface area contributed by atoms with Crippen LogP contribution in [0, 0.1) is 13.8 Å². The molecule has 24 heavy (non-hydrogen) atoms. The lowest BCUT2D eigenvalue weighted by molar-refractivity contribution is -0.141. The van der Waals surface area contributed by atoms with Gasteiger partial charge in [0.1, 0.15) is 0 Å². The number of aryl methyl sites for hydroxylation is 2. The van der Waals surface area contributed by atoms with Crippen LogP contribution in [0.15, 0.2) is 24.3 Å². The molecule has 2 heterocycles. The standard InChI is InChI=1S/C18H20N2O3S/c1-10-16(24-12(3)19-10)11(2)20(4)17(21)15-9-13-7-5-6-8-14(13)18(22)23-15/h5-8,11,15H,9H2,1-4H3/t11-,15-/m0/s1. The van der Waals surface area contributed by atoms with E-state index in [2.05, 4.69) is 4.98 Å². The van der Waals surface area contributed by atoms with E-state index in [1.54, 1.807) is 35.4 Å². The van der Waals surface area contributed by atoms with E-state index in [0.29, 0.717) is 12.0 Å². The van der Waals surface area contributed by atoms with Gasteiger partial charge in [-0.25, -0.2) is 9.78 Å². The molecular weight excluding hydrogens is 324 g/mol. The number of hydrogen-bond acceptors (Lipinski definition) is 5. The Morgan fingerprint density at radius 2 is 2.08 bits per heavy atom. The largest absolute Gasteiger partial charge is 0.448 e. The van der Waals surface area contributed by atoms with E-state index in [9.17, 15) is 9.59 Å². The van der Waals surface area contributed by atoms with Gasteiger partial charge in [-0.3, -0.25) is 4.79 Å². The fourth-order valence-corrected chi connectivity index (χ4v) is 4.02. The Hall–Kier alpha value is -2.21. The molecule has 2 atom stereocenters. The Morgan fingerprint density at radius 1 is 1.38 bits per heavy atom. The second-order valence-corrected chi connectivity index (χ2v) is 7.30. The number of esters is 1. The predicted octanol–water partition coefficient (Wildman–Crippen LogP) is 3.06. The summed E-state index contributed by atoms with van der Waals surface area (Å²) in [4.78, 5) is 32.1. The highest BCUT2D eigenvalue weighted by molar-refractivity contribution is 7.11. The molecule has 0 bridgehead atoms. The highest BCUT2D eigenvalue weighted by Crippen LogP contribution is 2.30. The molecule has 126 valence electrons. The van der Waals surface area contributed by atoms with Gasteiger partial charge in [-0.2, -0.15) is 0 Å². The number of amides is 1. The van der Waals surface area contributed by atoms with Gasteiger partial charge in [0.2, 0.25) is 0 Å². The van der Waals surface area contributed by atoms with Crippen molar-refractivity contribution < 1.29 is 14.3 Å². The predicted molar refractivity (Wildman–Crippen MR) is 92.1 cm³/mol. The van der Waals surface area contributed by atoms with Crippen molar-refractivity contribution in [3.63, 3.8) is 0 Å². The molecular formula is C18H20N2O3S. The molecule has 0 unspecified atom stereocenters. The van der Waals surface area contributed by atoms with Gasteiger partial charge in [0.25, 0.3) is 5.91 Å². The number of thiazole rings is 1. The summed E-state index contributed by atoms with van der Waals surface area (Å²) in [6.07, 6.45) is -0.354. The zero-order valence-electron chi connectivity index (χ0n) is 14.2. The highest BCUT2D eigenvalue weighted by Gasteiger charge is 2.34. The summed E-state index contributed by atoms with van der Waals surface area (Å²) in [5, 5.41) is 0.980. The maximum Gasteiger partial charge on any atom is 0.339 e. The molecule has 0 aliphatic carbocycles. The van der Waals surface area contributed by atoms with Gasteiger partial charge in [-0.15, -0.1) is 11.3 Å². The molecule has 3 rings (SSSR count). The van der Waals surface area contributed by atoms with Crippen LogP contribution in [0.25, 0.3) is 0 Å². The number of likely N-dealkylation sites (N-methyl/N-ethyl adjacent to an activating group) is 1. The zero-order valence-corrected chi connectivity index (χ0v) is 15.0. The van der Waals surface area contributed by atoms with Crippen molar-refractivity contribution in [1.82, 2.24) is 9.88 Å². The number of carbonyl (C=O) groups excluding carboxylic acids is 2. The summed E-state index contributed by atoms with van der Waals surface area (Å²) in [5.41, 5.74) is 2.35. The Labute approximate surface area is 145 Å². The maximum atomic E-state index is 12.8. The summed E-state index contributed by atoms with van der Waals surface area (Å²) < 4.78 is 5.37. The topological polar surface area (TPSA) is 59.5 Å². The second-order valence-electron chi connectivity index (χ2n) is 6.06. The van der Waals surface area contributed by atoms with E-state index < -0.39 is 12.1 Å². The first kappa shape index (κ1) is 16.6. The molecule has 0 saturated heterocycles. The molecule has 0 radical (unpaired) electrons. The second kappa shape index (κ2) is 6.36. The third kappa shape index (κ3) is 2.94. The van der Waals surface area contributed by atoms with Crippen LogP contribution >= 0.6 is 11.3 Å². The van der Waals surface area contributed by atoms with Crippen LogP contribution in [-0.2, 0) is 16.0 Å². The van der Waals surface area contributed by atoms with Crippen LogP contribution in [0.3, 0.4) is 0 Å². The first-order valence-corrected chi connectivity index (χ1v) is 8.69. The number of ether oxygens (including phenoxy) is 1. The molecule has 0 fully saturated rings. The minimum absolute atomic E-state index is 0.112. The van der Waals surface area contributed by atoms with Crippen molar-refractivity contribution in [3.05, 3.63) is 51.0 Å². The SMILES string of the molecule is Cc1nc(C)c([C@H](C)N(C)C(=O)[C@@H]2Cc3ccccc3C(=O)O2)s1. The molecule has 0 saturated carbocycles. The number of cyclic esters (lactones) is 1. The van der Waals surface area contributed by atoms with Gasteiger partial charge in [0.15, 0.2) is 6.10 Å². The van der Waals surface area contributed by atoms with Gasteiger partial charge < -0.3 is 9.64 Å². The summed E-state index contributed by atoms with van der Waals surface area (Å²) in [6.45, 7) is 5.87. The van der Waals surface area contributed by atoms with Crippen molar-refractivity contribution in [1.29, 1.82) is 0 Å². The number of benzene rings is 1. The van der Waals surface area contributed by atoms with Gasteiger partial charge in [-0.05, 0) is 32.4 Å². The van der Waals surface area contributed by atoms with Crippen LogP contribution in [0.4, 0.5) is 0 Å². The summed E-state index contributed by atoms with van der Waals surface area (Å²) >= 11 is 1.59. The summed E-state index contributed by atoms with van der Waals surface area (Å²) in [6, 6.07) is 7.16. The van der Waals surface area contributed by atoms with E-state index >= 15 is 0 Å². The van der Waals surface area contributed by atoms with Crippen molar-refractivity contribution >= 4 is 23.2 Å². The molecule has 1 aliphatic rings. The minimum atomic E-state index is -0.769. The van der Waals surface area contributed by atoms with E-state index in [1.165, 1.54) is 0 Å². The summed E-state index contributed by atoms with van der Waals surface area (Å²) in [5.74, 6) is -0.614. The van der Waals surface area contributed by atoms with Gasteiger partial charge in [0.05, 0.1) is 22.3 Å². The van der Waals surface area contributed by atoms with Crippen molar-refractivity contribution in [2.75, 3.05) is 7.05 Å². The van der Waals surface area contributed by atoms with Crippen LogP contribution in [-0.4, -0.2) is 34.9 Å². The molecule has 0 spiro atoms. The molecule has 1 aromatic heterocycles. The maximum absolute atomic E-state index is 12.8. The van der Waals surface area contributed by atoms with E-state index in [0.717, 1.165) is 21.1 Å². The third-order valence-electron chi connectivity index (χ3n) is 4.41. The molecule has 1 amide bonds. The van der Waals surface area contributed by atoms with Gasteiger partial charge >= 0.3 is 5.97 Å². The quantitative estimate of drug-likeness (QED) is 0.803. The smallest absolute Gasteiger partial charge is 0.339 e. The van der Waals surface area contributed by atoms with Gasteiger partial charge in [-0.1, -0.05) is 18.2 Å². The van der Waals surface area contributed by atoms with Crippen LogP contribution in [0.2, 0.25) is 0 Å². The molecule has 2 aromatic rings. The number of nitrogens with zero attached hydrogens (tertiary/aromatic N) is 2. The zero-order chi connectivity index (χ0) is 17.4. The number of aromatic nitrogens is 1. The molecule has 1 aliphatic heterocycles. The average Bonchev–Trinajstić information content (AvgIpc) is 2.91. The van der Waals surface area contributed by atoms with Crippen molar-refractivity contribution in [2.45, 2.75) is 39.3 Å². The first-order chi connectivity index (χ1) is 11.4. The minimum Gasteiger partial charge on any atom is -0.448 e. The third-order valence-corrected chi connectivity index (χ3v) is 5.66. The fourth-order valence-electron chi connectivity index (χ4n) is 3.00. The number of fused-ring (bicyclic) bond motifs is 1. The van der Waals surface area contributed by atoms with Gasteiger partial charge in [0, 0.05) is 18.3 Å². The number of carbonyl (C=O) groups is 2. The highest BCUT2D eigenvalue weighted by atomic mass is 32.1. The van der Waals surface area contributed by atoms with Crippen LogP contribution in [0.1, 0.15) is 44.5 Å². The van der Waals surface area contributed by atoms with E-state index in [1.807, 2.05) is 32.9 Å². The van der Waals surface area contributed by atoms with Crippen LogP contribution in [0.5, 0.6) is 0 Å². The normalized spacial score (nSPS) is 17.8. The summed E-state index contributed by atoms with van der Waals surface area (Å²) in [7, 11) is 1.75. The average molecular weight is 344 g/mol. The lowest BCUT2D eigenvalue weighted by Crippen LogP contribution is -2.43. The molecule has 0 N–H and O–H groups in total. The Morgan fingerprint density at radius 3 is 2.75 bits per heavy atom. The lowest BCUT2D eigenvalue weighted by atomic mass is 9.98. The van der Waals surface area contributed by atoms with Crippen molar-refractivity contribution in [3.8, 4) is 0 Å². The van der Waals surface area contributed by atoms with Crippen molar-refractivity contribution in [2.24, 2.45) is 0 Å². The molecule has 5 nitrogen and oxygen atoms in total. The lowest BCUT2D eigenvalue weighted by Gasteiger charge is -2.30. The number of rotatable bonds is 3. The van der Waals surface area contributed by atoms with E-state index in [-0.39, 0.29) is 11.9 Å².